The highest BCUT2D eigenvalue weighted by atomic mass is 16.1. The van der Waals surface area contributed by atoms with Crippen LogP contribution in [0.5, 0.6) is 0 Å². The lowest BCUT2D eigenvalue weighted by molar-refractivity contribution is -0.120. The van der Waals surface area contributed by atoms with Gasteiger partial charge in [-0.1, -0.05) is 30.4 Å². The van der Waals surface area contributed by atoms with Crippen molar-refractivity contribution >= 4 is 11.6 Å². The fourth-order valence-electron chi connectivity index (χ4n) is 3.13. The molecular formula is C15H18N2O. The van der Waals surface area contributed by atoms with Gasteiger partial charge in [0.05, 0.1) is 0 Å². The summed E-state index contributed by atoms with van der Waals surface area (Å²) < 4.78 is 0. The predicted octanol–water partition coefficient (Wildman–Crippen LogP) is 2.30. The van der Waals surface area contributed by atoms with E-state index in [2.05, 4.69) is 17.5 Å². The standard InChI is InChI=1S/C15H18N2O/c16-9-12-3-1-2-4-14(12)17-15(18)13-8-10-5-6-11(13)7-10/h1-6,10-11,13H,7-9,16H2,(H,17,18). The highest BCUT2D eigenvalue weighted by Crippen LogP contribution is 2.43. The Morgan fingerprint density at radius 2 is 2.11 bits per heavy atom. The van der Waals surface area contributed by atoms with E-state index in [-0.39, 0.29) is 11.8 Å². The van der Waals surface area contributed by atoms with Crippen LogP contribution >= 0.6 is 0 Å². The Hall–Kier alpha value is -1.61. The van der Waals surface area contributed by atoms with E-state index >= 15 is 0 Å². The van der Waals surface area contributed by atoms with Gasteiger partial charge in [-0.3, -0.25) is 4.79 Å². The van der Waals surface area contributed by atoms with E-state index in [9.17, 15) is 4.79 Å². The number of para-hydroxylation sites is 1. The molecule has 0 heterocycles. The Kier molecular flexibility index (Phi) is 2.92. The van der Waals surface area contributed by atoms with Crippen LogP contribution in [0.25, 0.3) is 0 Å². The second-order valence-corrected chi connectivity index (χ2v) is 5.24. The Morgan fingerprint density at radius 3 is 2.78 bits per heavy atom. The van der Waals surface area contributed by atoms with Crippen molar-refractivity contribution in [1.29, 1.82) is 0 Å². The van der Waals surface area contributed by atoms with Gasteiger partial charge in [0.1, 0.15) is 0 Å². The number of hydrogen-bond donors (Lipinski definition) is 2. The molecule has 1 fully saturated rings. The van der Waals surface area contributed by atoms with Crippen LogP contribution in [-0.2, 0) is 11.3 Å². The third-order valence-corrected chi connectivity index (χ3v) is 4.11. The first-order valence-electron chi connectivity index (χ1n) is 6.55. The average Bonchev–Trinajstić information content (AvgIpc) is 3.01. The van der Waals surface area contributed by atoms with E-state index in [4.69, 9.17) is 5.73 Å². The Balaban J connectivity index is 1.73. The summed E-state index contributed by atoms with van der Waals surface area (Å²) in [5.41, 5.74) is 7.53. The minimum absolute atomic E-state index is 0.144. The minimum Gasteiger partial charge on any atom is -0.326 e. The number of carbonyl (C=O) groups excluding carboxylic acids is 1. The normalized spacial score (nSPS) is 28.6. The Bertz CT molecular complexity index is 495. The Morgan fingerprint density at radius 1 is 1.28 bits per heavy atom. The molecule has 3 atom stereocenters. The first kappa shape index (κ1) is 11.5. The number of benzene rings is 1. The summed E-state index contributed by atoms with van der Waals surface area (Å²) in [6, 6.07) is 7.74. The summed E-state index contributed by atoms with van der Waals surface area (Å²) in [6.45, 7) is 0.451. The van der Waals surface area contributed by atoms with Crippen LogP contribution in [0.1, 0.15) is 18.4 Å². The van der Waals surface area contributed by atoms with E-state index in [0.717, 1.165) is 24.1 Å². The monoisotopic (exact) mass is 242 g/mol. The van der Waals surface area contributed by atoms with Crippen molar-refractivity contribution in [2.75, 3.05) is 5.32 Å². The molecule has 0 aromatic heterocycles. The van der Waals surface area contributed by atoms with E-state index in [1.807, 2.05) is 24.3 Å². The first-order valence-corrected chi connectivity index (χ1v) is 6.55. The molecule has 0 aliphatic heterocycles. The number of rotatable bonds is 3. The zero-order valence-corrected chi connectivity index (χ0v) is 10.3. The van der Waals surface area contributed by atoms with E-state index in [1.54, 1.807) is 0 Å². The summed E-state index contributed by atoms with van der Waals surface area (Å²) in [5, 5.41) is 3.04. The summed E-state index contributed by atoms with van der Waals surface area (Å²) in [6.07, 6.45) is 6.60. The zero-order chi connectivity index (χ0) is 12.5. The van der Waals surface area contributed by atoms with Crippen molar-refractivity contribution in [3.63, 3.8) is 0 Å². The maximum absolute atomic E-state index is 12.3. The summed E-state index contributed by atoms with van der Waals surface area (Å²) in [5.74, 6) is 1.36. The van der Waals surface area contributed by atoms with Crippen molar-refractivity contribution in [3.8, 4) is 0 Å². The van der Waals surface area contributed by atoms with Gasteiger partial charge < -0.3 is 11.1 Å². The van der Waals surface area contributed by atoms with Crippen LogP contribution in [0.4, 0.5) is 5.69 Å². The quantitative estimate of drug-likeness (QED) is 0.799. The Labute approximate surface area is 107 Å². The van der Waals surface area contributed by atoms with E-state index < -0.39 is 0 Å². The maximum Gasteiger partial charge on any atom is 0.228 e. The van der Waals surface area contributed by atoms with Gasteiger partial charge >= 0.3 is 0 Å². The van der Waals surface area contributed by atoms with E-state index in [0.29, 0.717) is 18.4 Å². The number of amides is 1. The van der Waals surface area contributed by atoms with Gasteiger partial charge in [-0.25, -0.2) is 0 Å². The number of carbonyl (C=O) groups is 1. The van der Waals surface area contributed by atoms with Crippen LogP contribution in [-0.4, -0.2) is 5.91 Å². The molecule has 0 saturated heterocycles. The summed E-state index contributed by atoms with van der Waals surface area (Å²) >= 11 is 0. The second kappa shape index (κ2) is 4.58. The van der Waals surface area contributed by atoms with Crippen molar-refractivity contribution in [3.05, 3.63) is 42.0 Å². The average molecular weight is 242 g/mol. The topological polar surface area (TPSA) is 55.1 Å². The molecule has 3 rings (SSSR count). The number of allylic oxidation sites excluding steroid dienone is 2. The fourth-order valence-corrected chi connectivity index (χ4v) is 3.13. The molecule has 1 aromatic rings. The maximum atomic E-state index is 12.3. The van der Waals surface area contributed by atoms with Gasteiger partial charge in [0.2, 0.25) is 5.91 Å². The van der Waals surface area contributed by atoms with Crippen molar-refractivity contribution in [2.24, 2.45) is 23.5 Å². The first-order chi connectivity index (χ1) is 8.78. The van der Waals surface area contributed by atoms with E-state index in [1.165, 1.54) is 0 Å². The van der Waals surface area contributed by atoms with Crippen LogP contribution in [0, 0.1) is 17.8 Å². The third-order valence-electron chi connectivity index (χ3n) is 4.11. The molecule has 0 radical (unpaired) electrons. The molecule has 18 heavy (non-hydrogen) atoms. The molecule has 3 N–H and O–H groups in total. The number of nitrogens with one attached hydrogen (secondary N) is 1. The third kappa shape index (κ3) is 1.95. The number of fused-ring (bicyclic) bond motifs is 2. The lowest BCUT2D eigenvalue weighted by Gasteiger charge is -2.18. The molecule has 3 unspecified atom stereocenters. The van der Waals surface area contributed by atoms with Crippen LogP contribution in [0.15, 0.2) is 36.4 Å². The molecule has 1 amide bonds. The smallest absolute Gasteiger partial charge is 0.228 e. The van der Waals surface area contributed by atoms with Gasteiger partial charge in [-0.2, -0.15) is 0 Å². The van der Waals surface area contributed by atoms with Crippen LogP contribution in [0.2, 0.25) is 0 Å². The van der Waals surface area contributed by atoms with Gasteiger partial charge in [-0.15, -0.1) is 0 Å². The second-order valence-electron chi connectivity index (χ2n) is 5.24. The van der Waals surface area contributed by atoms with Gasteiger partial charge in [0.25, 0.3) is 0 Å². The molecule has 2 bridgehead atoms. The van der Waals surface area contributed by atoms with Gasteiger partial charge in [0, 0.05) is 18.2 Å². The summed E-state index contributed by atoms with van der Waals surface area (Å²) in [4.78, 5) is 12.3. The van der Waals surface area contributed by atoms with Crippen molar-refractivity contribution in [1.82, 2.24) is 0 Å². The zero-order valence-electron chi connectivity index (χ0n) is 10.3. The van der Waals surface area contributed by atoms with Crippen LogP contribution < -0.4 is 11.1 Å². The highest BCUT2D eigenvalue weighted by Gasteiger charge is 2.39. The minimum atomic E-state index is 0.144. The predicted molar refractivity (Wildman–Crippen MR) is 71.8 cm³/mol. The molecule has 94 valence electrons. The molecule has 1 aromatic carbocycles. The van der Waals surface area contributed by atoms with Gasteiger partial charge in [0.15, 0.2) is 0 Å². The molecule has 0 spiro atoms. The summed E-state index contributed by atoms with van der Waals surface area (Å²) in [7, 11) is 0. The van der Waals surface area contributed by atoms with Crippen molar-refractivity contribution < 1.29 is 4.79 Å². The molecule has 3 heteroatoms. The highest BCUT2D eigenvalue weighted by molar-refractivity contribution is 5.94. The largest absolute Gasteiger partial charge is 0.326 e. The number of hydrogen-bond acceptors (Lipinski definition) is 2. The molecule has 2 aliphatic carbocycles. The number of nitrogens with two attached hydrogens (primary N) is 1. The molecular weight excluding hydrogens is 224 g/mol. The SMILES string of the molecule is NCc1ccccc1NC(=O)C1CC2C=CC1C2. The lowest BCUT2D eigenvalue weighted by atomic mass is 9.92. The molecule has 3 nitrogen and oxygen atoms in total. The van der Waals surface area contributed by atoms with Gasteiger partial charge in [-0.05, 0) is 36.3 Å². The lowest BCUT2D eigenvalue weighted by Crippen LogP contribution is -2.26. The molecule has 1 saturated carbocycles. The molecule has 2 aliphatic rings. The van der Waals surface area contributed by atoms with Crippen molar-refractivity contribution in [2.45, 2.75) is 19.4 Å². The van der Waals surface area contributed by atoms with Crippen LogP contribution in [0.3, 0.4) is 0 Å². The fraction of sp³-hybridized carbons (Fsp3) is 0.400. The number of anilines is 1.